The zero-order valence-electron chi connectivity index (χ0n) is 59.5. The number of nitrogens with one attached hydrogen (secondary N) is 4. The first-order chi connectivity index (χ1) is 42.0. The number of nitrogens with zero attached hydrogens (tertiary/aromatic N) is 7. The van der Waals surface area contributed by atoms with Crippen molar-refractivity contribution in [1.29, 1.82) is 0 Å². The molecule has 0 radical (unpaired) electrons. The van der Waals surface area contributed by atoms with Gasteiger partial charge in [-0.1, -0.05) is 95.2 Å². The SMILES string of the molecule is C/C=C/C[C@@H](C)C[C@H]1C(=O)N[C@@H](CC)C(=O)N(C)[C@H](COCCC=O)C(=O)N(C)[C@@H](CC(C)(C)O)C(=O)N[C@H](C(C)C)C(=O)N(C)[C@H](CC(C)C)C(=O)N[C@H](C)C(=O)N[C@@H](C)C(=O)N(C)[C@@H](CC(C)C)C(=O)N(C)[C@@H](CC(C)C)C(=O)N(C)[C@@H](C(C)C)C(=O)N1C. The fraction of sp³-hybridized carbons (Fsp3) is 0.788. The van der Waals surface area contributed by atoms with E-state index in [1.54, 1.807) is 34.6 Å². The smallest absolute Gasteiger partial charge is 0.248 e. The quantitative estimate of drug-likeness (QED) is 0.0664. The minimum Gasteiger partial charge on any atom is -0.390 e. The molecule has 1 fully saturated rings. The monoisotopic (exact) mass is 1290 g/mol. The van der Waals surface area contributed by atoms with Gasteiger partial charge in [0.25, 0.3) is 0 Å². The third kappa shape index (κ3) is 24.5. The van der Waals surface area contributed by atoms with Crippen LogP contribution >= 0.6 is 0 Å². The van der Waals surface area contributed by atoms with Gasteiger partial charge in [-0.3, -0.25) is 52.7 Å². The topological polar surface area (TPSA) is 305 Å². The first kappa shape index (κ1) is 82.5. The molecule has 0 aromatic rings. The van der Waals surface area contributed by atoms with Crippen molar-refractivity contribution in [2.75, 3.05) is 62.5 Å². The maximum Gasteiger partial charge on any atom is 0.248 e. The Morgan fingerprint density at radius 2 is 0.912 bits per heavy atom. The van der Waals surface area contributed by atoms with Crippen LogP contribution in [-0.2, 0) is 62.3 Å². The Hall–Kier alpha value is -6.50. The van der Waals surface area contributed by atoms with Crippen molar-refractivity contribution in [3.05, 3.63) is 12.2 Å². The number of amides is 11. The minimum absolute atomic E-state index is 0.0109. The van der Waals surface area contributed by atoms with Crippen LogP contribution in [0.25, 0.3) is 0 Å². The van der Waals surface area contributed by atoms with Crippen LogP contribution < -0.4 is 21.3 Å². The third-order valence-electron chi connectivity index (χ3n) is 16.9. The van der Waals surface area contributed by atoms with Crippen molar-refractivity contribution >= 4 is 71.3 Å². The summed E-state index contributed by atoms with van der Waals surface area (Å²) in [6, 6.07) is -14.1. The number of carbonyl (C=O) groups excluding carboxylic acids is 12. The lowest BCUT2D eigenvalue weighted by molar-refractivity contribution is -0.156. The number of rotatable bonds is 20. The first-order valence-corrected chi connectivity index (χ1v) is 32.5. The van der Waals surface area contributed by atoms with Crippen molar-refractivity contribution in [3.8, 4) is 0 Å². The Morgan fingerprint density at radius 3 is 1.38 bits per heavy atom. The average Bonchev–Trinajstić information content (AvgIpc) is 2.08. The number of carbonyl (C=O) groups is 12. The van der Waals surface area contributed by atoms with Gasteiger partial charge in [0.1, 0.15) is 72.7 Å². The van der Waals surface area contributed by atoms with E-state index in [4.69, 9.17) is 4.74 Å². The van der Waals surface area contributed by atoms with Crippen LogP contribution in [0.5, 0.6) is 0 Å². The number of likely N-dealkylation sites (N-methyl/N-ethyl adjacent to an activating group) is 7. The van der Waals surface area contributed by atoms with E-state index in [9.17, 15) is 38.7 Å². The summed E-state index contributed by atoms with van der Waals surface area (Å²) >= 11 is 0. The summed E-state index contributed by atoms with van der Waals surface area (Å²) in [4.78, 5) is 183. The molecule has 25 nitrogen and oxygen atoms in total. The molecule has 11 amide bonds. The normalized spacial score (nSPS) is 26.5. The van der Waals surface area contributed by atoms with E-state index in [0.717, 1.165) is 9.80 Å². The van der Waals surface area contributed by atoms with Gasteiger partial charge in [-0.05, 0) is 109 Å². The summed E-state index contributed by atoms with van der Waals surface area (Å²) in [7, 11) is 9.85. The van der Waals surface area contributed by atoms with Gasteiger partial charge in [-0.2, -0.15) is 0 Å². The molecule has 91 heavy (non-hydrogen) atoms. The van der Waals surface area contributed by atoms with Gasteiger partial charge in [0, 0.05) is 62.2 Å². The Morgan fingerprint density at radius 1 is 0.495 bits per heavy atom. The van der Waals surface area contributed by atoms with Gasteiger partial charge < -0.3 is 70.2 Å². The Balaban J connectivity index is 4.50. The molecule has 0 aromatic carbocycles. The van der Waals surface area contributed by atoms with Crippen LogP contribution in [0.1, 0.15) is 169 Å². The summed E-state index contributed by atoms with van der Waals surface area (Å²) in [6.07, 6.45) is 4.99. The highest BCUT2D eigenvalue weighted by Gasteiger charge is 2.45. The molecular formula is C66H117N11O14. The van der Waals surface area contributed by atoms with E-state index in [0.29, 0.717) is 12.7 Å². The van der Waals surface area contributed by atoms with Crippen LogP contribution in [0, 0.1) is 35.5 Å². The fourth-order valence-electron chi connectivity index (χ4n) is 11.3. The van der Waals surface area contributed by atoms with Crippen molar-refractivity contribution in [1.82, 2.24) is 55.6 Å². The Kier molecular flexibility index (Phi) is 34.3. The summed E-state index contributed by atoms with van der Waals surface area (Å²) < 4.78 is 5.81. The third-order valence-corrected chi connectivity index (χ3v) is 16.9. The summed E-state index contributed by atoms with van der Waals surface area (Å²) in [6.45, 7) is 28.5. The molecule has 0 bridgehead atoms. The number of aldehydes is 1. The number of aliphatic hydroxyl groups is 1. The molecule has 1 aliphatic heterocycles. The van der Waals surface area contributed by atoms with E-state index < -0.39 is 155 Å². The van der Waals surface area contributed by atoms with Gasteiger partial charge in [-0.25, -0.2) is 0 Å². The second-order valence-electron chi connectivity index (χ2n) is 27.7. The predicted octanol–water partition coefficient (Wildman–Crippen LogP) is 3.39. The largest absolute Gasteiger partial charge is 0.390 e. The zero-order chi connectivity index (χ0) is 70.4. The van der Waals surface area contributed by atoms with Crippen LogP contribution in [0.3, 0.4) is 0 Å². The molecule has 0 aliphatic carbocycles. The van der Waals surface area contributed by atoms with Crippen LogP contribution in [0.2, 0.25) is 0 Å². The standard InChI is InChI=1S/C66H117N11O14/c1-25-27-29-43(13)35-48-57(81)69-46(26-2)60(84)76(23)52(37-91-31-28-30-78)63(87)75(22)51(36-66(16,17)90)58(82)70-53(41(9)10)64(88)71(18)47(32-38(3)4)56(80)67-44(14)55(79)68-45(15)59(83)73(20)49(33-39(5)6)61(85)74(21)50(34-40(7)8)62(86)77(24)54(42(11)12)65(89)72(48)19/h25,27,30,38-54,90H,26,28-29,31-37H2,1-24H3,(H,67,80)(H,68,79)(H,69,81)(H,70,82)/b27-25+/t43-,44-,45+,46+,47-,48+,49+,50+,51+,52-,53-,54+/m1/s1. The maximum absolute atomic E-state index is 15.3. The second-order valence-corrected chi connectivity index (χ2v) is 27.7. The van der Waals surface area contributed by atoms with Crippen LogP contribution in [-0.4, -0.2) is 245 Å². The molecule has 0 spiro atoms. The van der Waals surface area contributed by atoms with E-state index >= 15 is 24.0 Å². The Bertz CT molecular complexity index is 2500. The molecule has 1 rings (SSSR count). The summed E-state index contributed by atoms with van der Waals surface area (Å²) in [5.41, 5.74) is -1.61. The molecule has 5 N–H and O–H groups in total. The van der Waals surface area contributed by atoms with E-state index in [2.05, 4.69) is 21.3 Å². The molecule has 0 unspecified atom stereocenters. The maximum atomic E-state index is 15.3. The molecule has 0 aromatic heterocycles. The lowest BCUT2D eigenvalue weighted by Crippen LogP contribution is -2.62. The molecule has 1 saturated heterocycles. The van der Waals surface area contributed by atoms with Gasteiger partial charge in [0.2, 0.25) is 65.0 Å². The first-order valence-electron chi connectivity index (χ1n) is 32.5. The van der Waals surface area contributed by atoms with Gasteiger partial charge in [0.05, 0.1) is 18.8 Å². The average molecular weight is 1290 g/mol. The Labute approximate surface area is 543 Å². The molecule has 0 saturated carbocycles. The number of allylic oxidation sites excluding steroid dienone is 2. The highest BCUT2D eigenvalue weighted by molar-refractivity contribution is 6.00. The van der Waals surface area contributed by atoms with Gasteiger partial charge >= 0.3 is 0 Å². The molecule has 520 valence electrons. The van der Waals surface area contributed by atoms with Crippen molar-refractivity contribution < 1.29 is 67.4 Å². The van der Waals surface area contributed by atoms with Crippen LogP contribution in [0.4, 0.5) is 0 Å². The number of hydrogen-bond acceptors (Lipinski definition) is 14. The minimum atomic E-state index is -1.61. The fourth-order valence-corrected chi connectivity index (χ4v) is 11.3. The van der Waals surface area contributed by atoms with E-state index in [1.807, 2.05) is 67.5 Å². The molecular weight excluding hydrogens is 1170 g/mol. The van der Waals surface area contributed by atoms with Crippen LogP contribution in [0.15, 0.2) is 12.2 Å². The van der Waals surface area contributed by atoms with Gasteiger partial charge in [-0.15, -0.1) is 0 Å². The van der Waals surface area contributed by atoms with Crippen molar-refractivity contribution in [3.63, 3.8) is 0 Å². The van der Waals surface area contributed by atoms with Gasteiger partial charge in [0.15, 0.2) is 0 Å². The second kappa shape index (κ2) is 37.9. The predicted molar refractivity (Wildman–Crippen MR) is 349 cm³/mol. The summed E-state index contributed by atoms with van der Waals surface area (Å²) in [5.74, 6) is -9.65. The molecule has 1 heterocycles. The zero-order valence-corrected chi connectivity index (χ0v) is 59.5. The number of hydrogen-bond donors (Lipinski definition) is 5. The van der Waals surface area contributed by atoms with Crippen molar-refractivity contribution in [2.24, 2.45) is 35.5 Å². The molecule has 1 aliphatic rings. The highest BCUT2D eigenvalue weighted by atomic mass is 16.5. The summed E-state index contributed by atoms with van der Waals surface area (Å²) in [5, 5.41) is 22.3. The van der Waals surface area contributed by atoms with E-state index in [-0.39, 0.29) is 75.2 Å². The van der Waals surface area contributed by atoms with E-state index in [1.165, 1.54) is 102 Å². The molecule has 25 heteroatoms. The lowest BCUT2D eigenvalue weighted by atomic mass is 9.93. The lowest BCUT2D eigenvalue weighted by Gasteiger charge is -2.41. The van der Waals surface area contributed by atoms with Crippen molar-refractivity contribution in [2.45, 2.75) is 241 Å². The number of ether oxygens (including phenoxy) is 1. The molecule has 12 atom stereocenters. The highest BCUT2D eigenvalue weighted by Crippen LogP contribution is 2.26.